The highest BCUT2D eigenvalue weighted by molar-refractivity contribution is 7.93. The topological polar surface area (TPSA) is 125 Å². The van der Waals surface area contributed by atoms with Gasteiger partial charge in [-0.15, -0.1) is 0 Å². The van der Waals surface area contributed by atoms with Crippen molar-refractivity contribution in [2.45, 2.75) is 24.2 Å². The van der Waals surface area contributed by atoms with Gasteiger partial charge in [0.2, 0.25) is 20.0 Å². The van der Waals surface area contributed by atoms with Crippen molar-refractivity contribution >= 4 is 37.3 Å². The summed E-state index contributed by atoms with van der Waals surface area (Å²) in [5, 5.41) is 5.67. The van der Waals surface area contributed by atoms with Crippen LogP contribution in [-0.2, 0) is 31.2 Å². The molecule has 3 rings (SSSR count). The largest absolute Gasteiger partial charge is 0.493 e. The van der Waals surface area contributed by atoms with Gasteiger partial charge in [0.25, 0.3) is 0 Å². The maximum Gasteiger partial charge on any atom is 0.240 e. The molecule has 1 saturated heterocycles. The summed E-state index contributed by atoms with van der Waals surface area (Å²) in [6.45, 7) is 1.92. The first-order chi connectivity index (χ1) is 14.6. The van der Waals surface area contributed by atoms with Gasteiger partial charge in [0.15, 0.2) is 0 Å². The zero-order valence-corrected chi connectivity index (χ0v) is 19.2. The molecule has 1 heterocycles. The number of anilines is 1. The minimum atomic E-state index is -4.07. The molecule has 2 aromatic carbocycles. The first kappa shape index (κ1) is 23.8. The second kappa shape index (κ2) is 10.2. The molecule has 0 bridgehead atoms. The van der Waals surface area contributed by atoms with Crippen molar-refractivity contribution < 1.29 is 26.3 Å². The number of nitrogens with two attached hydrogens (primary N) is 1. The van der Waals surface area contributed by atoms with Crippen molar-refractivity contribution in [1.29, 1.82) is 0 Å². The predicted molar refractivity (Wildman–Crippen MR) is 119 cm³/mol. The number of nitrogens with one attached hydrogen (secondary N) is 1. The van der Waals surface area contributed by atoms with E-state index < -0.39 is 20.0 Å². The first-order valence-corrected chi connectivity index (χ1v) is 13.3. The van der Waals surface area contributed by atoms with E-state index in [1.807, 2.05) is 0 Å². The van der Waals surface area contributed by atoms with Crippen LogP contribution in [0.1, 0.15) is 18.4 Å². The molecule has 31 heavy (non-hydrogen) atoms. The van der Waals surface area contributed by atoms with Gasteiger partial charge in [-0.3, -0.25) is 4.72 Å². The third kappa shape index (κ3) is 7.08. The second-order valence-corrected chi connectivity index (χ2v) is 11.1. The minimum absolute atomic E-state index is 0.0860. The molecule has 0 aromatic heterocycles. The fourth-order valence-corrected chi connectivity index (χ4v) is 5.28. The molecule has 11 heteroatoms. The lowest BCUT2D eigenvalue weighted by Gasteiger charge is -2.23. The Kier molecular flexibility index (Phi) is 7.82. The van der Waals surface area contributed by atoms with E-state index in [2.05, 4.69) is 4.72 Å². The number of ether oxygens (including phenoxy) is 2. The van der Waals surface area contributed by atoms with Gasteiger partial charge in [0.1, 0.15) is 10.6 Å². The lowest BCUT2D eigenvalue weighted by Crippen LogP contribution is -2.22. The van der Waals surface area contributed by atoms with Gasteiger partial charge < -0.3 is 9.47 Å². The van der Waals surface area contributed by atoms with Gasteiger partial charge >= 0.3 is 0 Å². The summed E-state index contributed by atoms with van der Waals surface area (Å²) >= 11 is 6.10. The van der Waals surface area contributed by atoms with E-state index in [1.165, 1.54) is 24.3 Å². The van der Waals surface area contributed by atoms with Crippen LogP contribution >= 0.6 is 11.6 Å². The normalized spacial score (nSPS) is 15.5. The van der Waals surface area contributed by atoms with Crippen LogP contribution < -0.4 is 14.6 Å². The molecule has 0 atom stereocenters. The molecular weight excluding hydrogens is 464 g/mol. The van der Waals surface area contributed by atoms with Crippen LogP contribution in [0.3, 0.4) is 0 Å². The zero-order chi connectivity index (χ0) is 22.5. The van der Waals surface area contributed by atoms with Crippen LogP contribution in [0, 0.1) is 5.92 Å². The standard InChI is InChI=1S/C20H25ClN2O6S2/c21-17-6-5-16(19(13-17)29-14-15-7-10-28-11-8-15)9-12-30(24,25)23-18-3-1-2-4-20(18)31(22,26)27/h1-6,13,15,23H,7-12,14H2,(H2,22,26,27). The van der Waals surface area contributed by atoms with Crippen LogP contribution in [0.25, 0.3) is 0 Å². The second-order valence-electron chi connectivity index (χ2n) is 7.33. The number of para-hydroxylation sites is 1. The summed E-state index contributed by atoms with van der Waals surface area (Å²) in [6, 6.07) is 10.7. The first-order valence-electron chi connectivity index (χ1n) is 9.75. The number of halogens is 1. The lowest BCUT2D eigenvalue weighted by molar-refractivity contribution is 0.0496. The average molecular weight is 489 g/mol. The van der Waals surface area contributed by atoms with Crippen LogP contribution in [0.2, 0.25) is 5.02 Å². The van der Waals surface area contributed by atoms with Crippen molar-refractivity contribution in [3.05, 3.63) is 53.1 Å². The van der Waals surface area contributed by atoms with E-state index in [1.54, 1.807) is 18.2 Å². The third-order valence-electron chi connectivity index (χ3n) is 4.94. The molecule has 170 valence electrons. The Morgan fingerprint density at radius 3 is 2.52 bits per heavy atom. The van der Waals surface area contributed by atoms with E-state index in [4.69, 9.17) is 26.2 Å². The molecule has 1 aliphatic rings. The summed E-state index contributed by atoms with van der Waals surface area (Å²) in [5.74, 6) is 0.640. The number of aryl methyl sites for hydroxylation is 1. The van der Waals surface area contributed by atoms with Crippen molar-refractivity contribution in [3.63, 3.8) is 0 Å². The van der Waals surface area contributed by atoms with Gasteiger partial charge in [0, 0.05) is 18.2 Å². The summed E-state index contributed by atoms with van der Waals surface area (Å²) in [5.41, 5.74) is 0.610. The third-order valence-corrected chi connectivity index (χ3v) is 7.42. The van der Waals surface area contributed by atoms with Crippen LogP contribution in [0.15, 0.2) is 47.4 Å². The molecular formula is C20H25ClN2O6S2. The molecule has 0 amide bonds. The summed E-state index contributed by atoms with van der Waals surface area (Å²) in [6.07, 6.45) is 1.99. The molecule has 1 fully saturated rings. The van der Waals surface area contributed by atoms with E-state index in [-0.39, 0.29) is 22.8 Å². The monoisotopic (exact) mass is 488 g/mol. The molecule has 0 aliphatic carbocycles. The Morgan fingerprint density at radius 1 is 1.10 bits per heavy atom. The average Bonchev–Trinajstić information content (AvgIpc) is 2.71. The Labute approximate surface area is 187 Å². The fraction of sp³-hybridized carbons (Fsp3) is 0.400. The lowest BCUT2D eigenvalue weighted by atomic mass is 10.0. The molecule has 0 spiro atoms. The van der Waals surface area contributed by atoms with Crippen molar-refractivity contribution in [2.24, 2.45) is 11.1 Å². The van der Waals surface area contributed by atoms with Gasteiger partial charge in [-0.2, -0.15) is 0 Å². The van der Waals surface area contributed by atoms with Gasteiger partial charge in [-0.1, -0.05) is 29.8 Å². The predicted octanol–water partition coefficient (Wildman–Crippen LogP) is 2.78. The Balaban J connectivity index is 1.69. The van der Waals surface area contributed by atoms with Gasteiger partial charge in [-0.25, -0.2) is 22.0 Å². The minimum Gasteiger partial charge on any atom is -0.493 e. The fourth-order valence-electron chi connectivity index (χ4n) is 3.25. The molecule has 3 N–H and O–H groups in total. The highest BCUT2D eigenvalue weighted by Gasteiger charge is 2.20. The summed E-state index contributed by atoms with van der Waals surface area (Å²) in [7, 11) is -7.93. The molecule has 0 saturated carbocycles. The van der Waals surface area contributed by atoms with Crippen molar-refractivity contribution in [3.8, 4) is 5.75 Å². The molecule has 8 nitrogen and oxygen atoms in total. The van der Waals surface area contributed by atoms with E-state index in [0.29, 0.717) is 42.1 Å². The van der Waals surface area contributed by atoms with Crippen LogP contribution in [-0.4, -0.2) is 42.4 Å². The quantitative estimate of drug-likeness (QED) is 0.559. The number of hydrogen-bond donors (Lipinski definition) is 2. The van der Waals surface area contributed by atoms with Crippen molar-refractivity contribution in [1.82, 2.24) is 0 Å². The number of primary sulfonamides is 1. The smallest absolute Gasteiger partial charge is 0.240 e. The maximum absolute atomic E-state index is 12.6. The van der Waals surface area contributed by atoms with Crippen LogP contribution in [0.5, 0.6) is 5.75 Å². The maximum atomic E-state index is 12.6. The van der Waals surface area contributed by atoms with Crippen LogP contribution in [0.4, 0.5) is 5.69 Å². The zero-order valence-electron chi connectivity index (χ0n) is 16.8. The summed E-state index contributed by atoms with van der Waals surface area (Å²) in [4.78, 5) is -0.287. The number of sulfonamides is 2. The van der Waals surface area contributed by atoms with Gasteiger partial charge in [0.05, 0.1) is 18.0 Å². The molecule has 2 aromatic rings. The number of rotatable bonds is 9. The van der Waals surface area contributed by atoms with E-state index >= 15 is 0 Å². The number of hydrogen-bond acceptors (Lipinski definition) is 6. The Bertz CT molecular complexity index is 1120. The Morgan fingerprint density at radius 2 is 1.81 bits per heavy atom. The summed E-state index contributed by atoms with van der Waals surface area (Å²) < 4.78 is 62.2. The highest BCUT2D eigenvalue weighted by atomic mass is 35.5. The Hall–Kier alpha value is -1.85. The van der Waals surface area contributed by atoms with Gasteiger partial charge in [-0.05, 0) is 55.0 Å². The molecule has 1 aliphatic heterocycles. The number of benzene rings is 2. The highest BCUT2D eigenvalue weighted by Crippen LogP contribution is 2.27. The molecule has 0 unspecified atom stereocenters. The van der Waals surface area contributed by atoms with Crippen molar-refractivity contribution in [2.75, 3.05) is 30.3 Å². The molecule has 0 radical (unpaired) electrons. The van der Waals surface area contributed by atoms with E-state index in [9.17, 15) is 16.8 Å². The van der Waals surface area contributed by atoms with E-state index in [0.717, 1.165) is 12.8 Å². The SMILES string of the molecule is NS(=O)(=O)c1ccccc1NS(=O)(=O)CCc1ccc(Cl)cc1OCC1CCOCC1.